The number of nitrogens with zero attached hydrogens (tertiary/aromatic N) is 7. The van der Waals surface area contributed by atoms with Crippen molar-refractivity contribution < 1.29 is 18.3 Å². The van der Waals surface area contributed by atoms with Gasteiger partial charge < -0.3 is 24.3 Å². The number of hydrogen-bond acceptors (Lipinski definition) is 8. The molecule has 0 N–H and O–H groups in total. The van der Waals surface area contributed by atoms with Crippen LogP contribution in [-0.4, -0.2) is 90.6 Å². The van der Waals surface area contributed by atoms with Crippen molar-refractivity contribution in [2.75, 3.05) is 56.2 Å². The van der Waals surface area contributed by atoms with Crippen LogP contribution in [0.3, 0.4) is 0 Å². The average Bonchev–Trinajstić information content (AvgIpc) is 3.46. The third-order valence-corrected chi connectivity index (χ3v) is 9.31. The number of allylic oxidation sites excluding steroid dienone is 1. The molecule has 2 unspecified atom stereocenters. The fraction of sp³-hybridized carbons (Fsp3) is 0.471. The fourth-order valence-electron chi connectivity index (χ4n) is 6.92. The van der Waals surface area contributed by atoms with Gasteiger partial charge in [0.2, 0.25) is 5.91 Å². The number of rotatable bonds is 8. The summed E-state index contributed by atoms with van der Waals surface area (Å²) in [6.45, 7) is 6.16. The number of halogens is 2. The highest BCUT2D eigenvalue weighted by Gasteiger charge is 2.34. The number of fused-ring (bicyclic) bond motifs is 2. The van der Waals surface area contributed by atoms with Crippen LogP contribution < -0.4 is 14.5 Å². The molecule has 9 nitrogen and oxygen atoms in total. The van der Waals surface area contributed by atoms with Gasteiger partial charge in [-0.3, -0.25) is 4.79 Å². The van der Waals surface area contributed by atoms with Crippen LogP contribution in [0.1, 0.15) is 36.1 Å². The molecule has 4 heterocycles. The average molecular weight is 616 g/mol. The topological polar surface area (TPSA) is 88.8 Å². The van der Waals surface area contributed by atoms with Crippen LogP contribution in [0.25, 0.3) is 10.8 Å². The van der Waals surface area contributed by atoms with Crippen LogP contribution in [0, 0.1) is 18.3 Å². The molecule has 236 valence electrons. The quantitative estimate of drug-likeness (QED) is 0.337. The number of likely N-dealkylation sites (tertiary alicyclic amines) is 1. The Labute approximate surface area is 262 Å². The molecular weight excluding hydrogens is 576 g/mol. The zero-order chi connectivity index (χ0) is 31.5. The summed E-state index contributed by atoms with van der Waals surface area (Å²) in [7, 11) is 2.11. The van der Waals surface area contributed by atoms with Crippen LogP contribution >= 0.6 is 0 Å². The van der Waals surface area contributed by atoms with Crippen molar-refractivity contribution >= 4 is 28.2 Å². The predicted molar refractivity (Wildman–Crippen MR) is 170 cm³/mol. The van der Waals surface area contributed by atoms with Gasteiger partial charge in [0.15, 0.2) is 0 Å². The summed E-state index contributed by atoms with van der Waals surface area (Å²) in [4.78, 5) is 31.0. The van der Waals surface area contributed by atoms with E-state index in [1.54, 1.807) is 0 Å². The number of hydrogen-bond donors (Lipinski definition) is 0. The van der Waals surface area contributed by atoms with Gasteiger partial charge in [0.05, 0.1) is 30.8 Å². The van der Waals surface area contributed by atoms with Crippen LogP contribution in [0.2, 0.25) is 0 Å². The molecule has 3 aliphatic rings. The standard InChI is InChI=1S/C34H39F2N7O2/c1-23-6-3-7-24-8-4-10-29(32(23)24)41-17-14-27-28(21-41)38-34(45-22-26-9-5-16-40(26)2)39-33(27)42-18-19-43(25(20-42)13-15-37)31(44)12-11-30(35)36/h3-4,6-8,10-12,25-26,30H,5,9,13-14,16-22H2,1-2H3/b12-11+. The maximum absolute atomic E-state index is 12.8. The minimum atomic E-state index is -2.71. The smallest absolute Gasteiger partial charge is 0.318 e. The van der Waals surface area contributed by atoms with Gasteiger partial charge in [0, 0.05) is 54.9 Å². The number of nitriles is 1. The summed E-state index contributed by atoms with van der Waals surface area (Å²) in [5.74, 6) is 0.257. The molecule has 3 aliphatic heterocycles. The minimum Gasteiger partial charge on any atom is -0.462 e. The van der Waals surface area contributed by atoms with E-state index < -0.39 is 18.4 Å². The molecule has 0 bridgehead atoms. The van der Waals surface area contributed by atoms with E-state index in [0.29, 0.717) is 50.9 Å². The van der Waals surface area contributed by atoms with Gasteiger partial charge in [-0.2, -0.15) is 15.2 Å². The van der Waals surface area contributed by atoms with Gasteiger partial charge in [-0.05, 0) is 62.9 Å². The zero-order valence-electron chi connectivity index (χ0n) is 25.8. The molecule has 11 heteroatoms. The molecule has 2 atom stereocenters. The number of carbonyl (C=O) groups is 1. The van der Waals surface area contributed by atoms with Gasteiger partial charge in [-0.15, -0.1) is 0 Å². The Morgan fingerprint density at radius 3 is 2.69 bits per heavy atom. The highest BCUT2D eigenvalue weighted by Crippen LogP contribution is 2.36. The summed E-state index contributed by atoms with van der Waals surface area (Å²) in [5, 5.41) is 12.0. The first-order chi connectivity index (χ1) is 21.8. The molecule has 3 aromatic rings. The van der Waals surface area contributed by atoms with E-state index in [1.165, 1.54) is 26.9 Å². The number of alkyl halides is 2. The predicted octanol–water partition coefficient (Wildman–Crippen LogP) is 4.73. The molecule has 0 aliphatic carbocycles. The number of carbonyl (C=O) groups excluding carboxylic acids is 1. The van der Waals surface area contributed by atoms with Gasteiger partial charge in [-0.1, -0.05) is 30.3 Å². The fourth-order valence-corrected chi connectivity index (χ4v) is 6.92. The van der Waals surface area contributed by atoms with Gasteiger partial charge >= 0.3 is 6.01 Å². The van der Waals surface area contributed by atoms with E-state index >= 15 is 0 Å². The highest BCUT2D eigenvalue weighted by molar-refractivity contribution is 5.97. The van der Waals surface area contributed by atoms with Crippen molar-refractivity contribution in [2.24, 2.45) is 0 Å². The maximum atomic E-state index is 12.8. The zero-order valence-corrected chi connectivity index (χ0v) is 25.8. The van der Waals surface area contributed by atoms with E-state index in [1.807, 2.05) is 0 Å². The number of aryl methyl sites for hydroxylation is 1. The number of benzene rings is 2. The molecule has 0 spiro atoms. The number of piperazine rings is 1. The molecule has 2 aromatic carbocycles. The van der Waals surface area contributed by atoms with E-state index in [-0.39, 0.29) is 6.42 Å². The van der Waals surface area contributed by atoms with Crippen molar-refractivity contribution in [2.45, 2.75) is 57.7 Å². The Hall–Kier alpha value is -4.30. The second-order valence-corrected chi connectivity index (χ2v) is 12.2. The Morgan fingerprint density at radius 1 is 1.11 bits per heavy atom. The molecule has 1 aromatic heterocycles. The van der Waals surface area contributed by atoms with E-state index in [0.717, 1.165) is 55.5 Å². The lowest BCUT2D eigenvalue weighted by Gasteiger charge is -2.42. The van der Waals surface area contributed by atoms with E-state index in [4.69, 9.17) is 14.7 Å². The first-order valence-electron chi connectivity index (χ1n) is 15.7. The second kappa shape index (κ2) is 13.4. The number of anilines is 2. The SMILES string of the molecule is Cc1cccc2cccc(N3CCc4c(nc(OCC5CCCN5C)nc4N4CCN(C(=O)/C=C/C(F)F)C(CC#N)C4)C3)c12. The minimum absolute atomic E-state index is 0.0869. The lowest BCUT2D eigenvalue weighted by molar-refractivity contribution is -0.128. The Balaban J connectivity index is 1.32. The molecule has 0 saturated carbocycles. The number of ether oxygens (including phenoxy) is 1. The van der Waals surface area contributed by atoms with Gasteiger partial charge in [0.25, 0.3) is 6.43 Å². The van der Waals surface area contributed by atoms with E-state index in [2.05, 4.69) is 71.1 Å². The molecule has 1 amide bonds. The first kappa shape index (κ1) is 30.7. The Bertz CT molecular complexity index is 1620. The van der Waals surface area contributed by atoms with Crippen molar-refractivity contribution in [1.29, 1.82) is 5.26 Å². The summed E-state index contributed by atoms with van der Waals surface area (Å²) < 4.78 is 31.8. The molecule has 6 rings (SSSR count). The number of aromatic nitrogens is 2. The molecule has 0 radical (unpaired) electrons. The summed E-state index contributed by atoms with van der Waals surface area (Å²) >= 11 is 0. The lowest BCUT2D eigenvalue weighted by Crippen LogP contribution is -2.55. The van der Waals surface area contributed by atoms with Gasteiger partial charge in [0.1, 0.15) is 12.4 Å². The van der Waals surface area contributed by atoms with Crippen molar-refractivity contribution in [3.8, 4) is 12.1 Å². The van der Waals surface area contributed by atoms with Crippen molar-refractivity contribution in [3.63, 3.8) is 0 Å². The second-order valence-electron chi connectivity index (χ2n) is 12.2. The summed E-state index contributed by atoms with van der Waals surface area (Å²) in [6, 6.07) is 15.1. The third-order valence-electron chi connectivity index (χ3n) is 9.31. The molecular formula is C34H39F2N7O2. The molecule has 45 heavy (non-hydrogen) atoms. The maximum Gasteiger partial charge on any atom is 0.318 e. The number of likely N-dealkylation sites (N-methyl/N-ethyl adjacent to an activating group) is 1. The van der Waals surface area contributed by atoms with Gasteiger partial charge in [-0.25, -0.2) is 8.78 Å². The Kier molecular flexibility index (Phi) is 9.12. The third kappa shape index (κ3) is 6.57. The van der Waals surface area contributed by atoms with E-state index in [9.17, 15) is 18.8 Å². The monoisotopic (exact) mass is 615 g/mol. The van der Waals surface area contributed by atoms with Crippen LogP contribution in [0.4, 0.5) is 20.3 Å². The summed E-state index contributed by atoms with van der Waals surface area (Å²) in [6.07, 6.45) is 1.79. The highest BCUT2D eigenvalue weighted by atomic mass is 19.3. The van der Waals surface area contributed by atoms with Crippen LogP contribution in [-0.2, 0) is 17.8 Å². The van der Waals surface area contributed by atoms with Crippen LogP contribution in [0.5, 0.6) is 6.01 Å². The normalized spacial score (nSPS) is 20.7. The molecule has 2 fully saturated rings. The largest absolute Gasteiger partial charge is 0.462 e. The summed E-state index contributed by atoms with van der Waals surface area (Å²) in [5.41, 5.74) is 4.34. The Morgan fingerprint density at radius 2 is 1.93 bits per heavy atom. The van der Waals surface area contributed by atoms with Crippen molar-refractivity contribution in [3.05, 3.63) is 65.4 Å². The van der Waals surface area contributed by atoms with Crippen LogP contribution in [0.15, 0.2) is 48.6 Å². The number of amides is 1. The van der Waals surface area contributed by atoms with Crippen molar-refractivity contribution in [1.82, 2.24) is 19.8 Å². The first-order valence-corrected chi connectivity index (χ1v) is 15.7. The lowest BCUT2D eigenvalue weighted by atomic mass is 9.99. The molecule has 2 saturated heterocycles.